The molecule has 0 aromatic heterocycles. The maximum Gasteiger partial charge on any atom is 0.221 e. The lowest BCUT2D eigenvalue weighted by Gasteiger charge is -2.08. The monoisotopic (exact) mass is 366 g/mol. The van der Waals surface area contributed by atoms with Gasteiger partial charge in [-0.3, -0.25) is 4.79 Å². The minimum absolute atomic E-state index is 0.0511. The Hall–Kier alpha value is -1.56. The molecule has 0 aliphatic heterocycles. The summed E-state index contributed by atoms with van der Waals surface area (Å²) in [7, 11) is 0. The zero-order valence-electron chi connectivity index (χ0n) is 10.6. The van der Waals surface area contributed by atoms with Gasteiger partial charge in [-0.25, -0.2) is 0 Å². The average molecular weight is 366 g/mol. The number of hydrogen-bond donors (Lipinski definition) is 2. The fraction of sp³-hybridized carbons (Fsp3) is 0.133. The van der Waals surface area contributed by atoms with E-state index in [1.54, 1.807) is 0 Å². The smallest absolute Gasteiger partial charge is 0.221 e. The van der Waals surface area contributed by atoms with Crippen LogP contribution in [0.5, 0.6) is 0 Å². The zero-order chi connectivity index (χ0) is 13.7. The van der Waals surface area contributed by atoms with Crippen LogP contribution in [0.15, 0.2) is 48.5 Å². The maximum absolute atomic E-state index is 10.9. The summed E-state index contributed by atoms with van der Waals surface area (Å²) >= 11 is 2.29. The molecule has 0 saturated heterocycles. The van der Waals surface area contributed by atoms with E-state index in [1.165, 1.54) is 16.1 Å². The van der Waals surface area contributed by atoms with Crippen LogP contribution in [0.1, 0.15) is 12.5 Å². The van der Waals surface area contributed by atoms with Crippen molar-refractivity contribution in [3.05, 3.63) is 57.7 Å². The zero-order valence-corrected chi connectivity index (χ0v) is 12.8. The number of halogens is 1. The lowest BCUT2D eigenvalue weighted by Crippen LogP contribution is -2.06. The molecule has 19 heavy (non-hydrogen) atoms. The highest BCUT2D eigenvalue weighted by molar-refractivity contribution is 14.1. The molecule has 0 bridgehead atoms. The highest BCUT2D eigenvalue weighted by atomic mass is 127. The molecule has 0 spiro atoms. The second kappa shape index (κ2) is 6.56. The van der Waals surface area contributed by atoms with Gasteiger partial charge in [0.15, 0.2) is 0 Å². The van der Waals surface area contributed by atoms with Crippen molar-refractivity contribution in [3.8, 4) is 0 Å². The molecule has 98 valence electrons. The van der Waals surface area contributed by atoms with Crippen LogP contribution in [0, 0.1) is 3.57 Å². The molecule has 0 radical (unpaired) electrons. The van der Waals surface area contributed by atoms with Crippen LogP contribution in [0.3, 0.4) is 0 Å². The standard InChI is InChI=1S/C15H15IN2O/c1-11(19)18-15-6-2-12(3-7-15)10-17-14-8-4-13(16)5-9-14/h2-9,17H,10H2,1H3,(H,18,19). The fourth-order valence-corrected chi connectivity index (χ4v) is 2.04. The van der Waals surface area contributed by atoms with Crippen LogP contribution in [0.2, 0.25) is 0 Å². The molecule has 0 saturated carbocycles. The van der Waals surface area contributed by atoms with E-state index in [-0.39, 0.29) is 5.91 Å². The van der Waals surface area contributed by atoms with Crippen LogP contribution >= 0.6 is 22.6 Å². The molecular weight excluding hydrogens is 351 g/mol. The van der Waals surface area contributed by atoms with E-state index in [2.05, 4.69) is 57.5 Å². The Kier molecular flexibility index (Phi) is 4.79. The Balaban J connectivity index is 1.92. The lowest BCUT2D eigenvalue weighted by atomic mass is 10.2. The van der Waals surface area contributed by atoms with Crippen LogP contribution < -0.4 is 10.6 Å². The molecule has 1 amide bonds. The molecule has 2 rings (SSSR count). The Morgan fingerprint density at radius 2 is 1.58 bits per heavy atom. The number of amides is 1. The topological polar surface area (TPSA) is 41.1 Å². The first-order chi connectivity index (χ1) is 9.13. The van der Waals surface area contributed by atoms with Gasteiger partial charge in [0.1, 0.15) is 0 Å². The van der Waals surface area contributed by atoms with Gasteiger partial charge in [-0.15, -0.1) is 0 Å². The van der Waals surface area contributed by atoms with Crippen molar-refractivity contribution in [3.63, 3.8) is 0 Å². The minimum Gasteiger partial charge on any atom is -0.381 e. The van der Waals surface area contributed by atoms with Crippen molar-refractivity contribution >= 4 is 39.9 Å². The second-order valence-electron chi connectivity index (χ2n) is 4.24. The van der Waals surface area contributed by atoms with Gasteiger partial charge in [-0.1, -0.05) is 12.1 Å². The van der Waals surface area contributed by atoms with E-state index in [0.29, 0.717) is 0 Å². The summed E-state index contributed by atoms with van der Waals surface area (Å²) < 4.78 is 1.22. The third kappa shape index (κ3) is 4.55. The van der Waals surface area contributed by atoms with Gasteiger partial charge in [0.2, 0.25) is 5.91 Å². The van der Waals surface area contributed by atoms with Crippen molar-refractivity contribution in [1.29, 1.82) is 0 Å². The number of anilines is 2. The molecule has 0 heterocycles. The average Bonchev–Trinajstić information content (AvgIpc) is 2.39. The SMILES string of the molecule is CC(=O)Nc1ccc(CNc2ccc(I)cc2)cc1. The molecule has 2 aromatic rings. The summed E-state index contributed by atoms with van der Waals surface area (Å²) in [4.78, 5) is 10.9. The van der Waals surface area contributed by atoms with Crippen LogP contribution in [-0.2, 0) is 11.3 Å². The third-order valence-corrected chi connectivity index (χ3v) is 3.33. The Morgan fingerprint density at radius 1 is 1.00 bits per heavy atom. The predicted molar refractivity (Wildman–Crippen MR) is 87.2 cm³/mol. The first-order valence-electron chi connectivity index (χ1n) is 5.99. The van der Waals surface area contributed by atoms with E-state index in [4.69, 9.17) is 0 Å². The Bertz CT molecular complexity index is 549. The maximum atomic E-state index is 10.9. The molecule has 3 nitrogen and oxygen atoms in total. The van der Waals surface area contributed by atoms with Gasteiger partial charge in [0, 0.05) is 28.4 Å². The molecule has 0 aliphatic carbocycles. The molecule has 0 atom stereocenters. The molecule has 2 N–H and O–H groups in total. The predicted octanol–water partition coefficient (Wildman–Crippen LogP) is 3.86. The molecule has 0 fully saturated rings. The van der Waals surface area contributed by atoms with E-state index in [0.717, 1.165) is 17.9 Å². The van der Waals surface area contributed by atoms with Gasteiger partial charge < -0.3 is 10.6 Å². The van der Waals surface area contributed by atoms with Crippen LogP contribution in [-0.4, -0.2) is 5.91 Å². The van der Waals surface area contributed by atoms with Crippen molar-refractivity contribution in [2.24, 2.45) is 0 Å². The Morgan fingerprint density at radius 3 is 2.16 bits per heavy atom. The van der Waals surface area contributed by atoms with Crippen LogP contribution in [0.25, 0.3) is 0 Å². The van der Waals surface area contributed by atoms with Gasteiger partial charge in [-0.2, -0.15) is 0 Å². The first-order valence-corrected chi connectivity index (χ1v) is 7.07. The molecule has 0 aliphatic rings. The summed E-state index contributed by atoms with van der Waals surface area (Å²) in [6.45, 7) is 2.27. The van der Waals surface area contributed by atoms with Crippen LogP contribution in [0.4, 0.5) is 11.4 Å². The summed E-state index contributed by atoms with van der Waals surface area (Å²) in [6, 6.07) is 16.1. The summed E-state index contributed by atoms with van der Waals surface area (Å²) in [5, 5.41) is 6.11. The molecule has 2 aromatic carbocycles. The largest absolute Gasteiger partial charge is 0.381 e. The fourth-order valence-electron chi connectivity index (χ4n) is 1.68. The van der Waals surface area contributed by atoms with Crippen molar-refractivity contribution in [2.45, 2.75) is 13.5 Å². The summed E-state index contributed by atoms with van der Waals surface area (Å²) in [5.41, 5.74) is 3.10. The number of hydrogen-bond acceptors (Lipinski definition) is 2. The quantitative estimate of drug-likeness (QED) is 0.807. The number of benzene rings is 2. The number of carbonyl (C=O) groups excluding carboxylic acids is 1. The summed E-state index contributed by atoms with van der Waals surface area (Å²) in [6.07, 6.45) is 0. The van der Waals surface area contributed by atoms with E-state index in [9.17, 15) is 4.79 Å². The molecule has 4 heteroatoms. The minimum atomic E-state index is -0.0511. The number of rotatable bonds is 4. The second-order valence-corrected chi connectivity index (χ2v) is 5.48. The third-order valence-electron chi connectivity index (χ3n) is 2.62. The van der Waals surface area contributed by atoms with Crippen molar-refractivity contribution < 1.29 is 4.79 Å². The lowest BCUT2D eigenvalue weighted by molar-refractivity contribution is -0.114. The molecular formula is C15H15IN2O. The van der Waals surface area contributed by atoms with Gasteiger partial charge in [-0.05, 0) is 64.6 Å². The van der Waals surface area contributed by atoms with Gasteiger partial charge in [0.25, 0.3) is 0 Å². The van der Waals surface area contributed by atoms with E-state index >= 15 is 0 Å². The normalized spacial score (nSPS) is 10.0. The highest BCUT2D eigenvalue weighted by Crippen LogP contribution is 2.14. The van der Waals surface area contributed by atoms with Gasteiger partial charge in [0.05, 0.1) is 0 Å². The first kappa shape index (κ1) is 13.9. The van der Waals surface area contributed by atoms with Crippen molar-refractivity contribution in [2.75, 3.05) is 10.6 Å². The highest BCUT2D eigenvalue weighted by Gasteiger charge is 1.97. The number of carbonyl (C=O) groups is 1. The number of nitrogens with one attached hydrogen (secondary N) is 2. The van der Waals surface area contributed by atoms with Gasteiger partial charge >= 0.3 is 0 Å². The Labute approximate surface area is 126 Å². The molecule has 0 unspecified atom stereocenters. The van der Waals surface area contributed by atoms with Crippen molar-refractivity contribution in [1.82, 2.24) is 0 Å². The van der Waals surface area contributed by atoms with E-state index in [1.807, 2.05) is 24.3 Å². The van der Waals surface area contributed by atoms with E-state index < -0.39 is 0 Å². The summed E-state index contributed by atoms with van der Waals surface area (Å²) in [5.74, 6) is -0.0511.